The Morgan fingerprint density at radius 1 is 1.06 bits per heavy atom. The lowest BCUT2D eigenvalue weighted by Gasteiger charge is -2.11. The van der Waals surface area contributed by atoms with Crippen LogP contribution in [0, 0.1) is 5.82 Å². The number of ether oxygens (including phenoxy) is 1. The number of halogens is 1. The van der Waals surface area contributed by atoms with E-state index in [2.05, 4.69) is 15.6 Å². The number of aryl methyl sites for hydroxylation is 1. The van der Waals surface area contributed by atoms with Gasteiger partial charge >= 0.3 is 0 Å². The molecule has 0 amide bonds. The maximum Gasteiger partial charge on any atom is 0.208 e. The predicted molar refractivity (Wildman–Crippen MR) is 141 cm³/mol. The number of nitrogens with one attached hydrogen (secondary N) is 2. The van der Waals surface area contributed by atoms with Crippen molar-refractivity contribution in [3.05, 3.63) is 71.8 Å². The minimum Gasteiger partial charge on any atom is -0.457 e. The molecule has 7 nitrogen and oxygen atoms in total. The molecule has 0 atom stereocenters. The van der Waals surface area contributed by atoms with Crippen LogP contribution in [0.3, 0.4) is 0 Å². The first kappa shape index (κ1) is 25.3. The molecule has 0 saturated carbocycles. The number of anilines is 2. The normalized spacial score (nSPS) is 11.4. The first-order valence-corrected chi connectivity index (χ1v) is 12.1. The van der Waals surface area contributed by atoms with E-state index in [1.165, 1.54) is 6.07 Å². The molecule has 2 N–H and O–H groups in total. The Balaban J connectivity index is 1.50. The molecule has 4 aromatic rings. The number of hydrogen-bond acceptors (Lipinski definition) is 6. The summed E-state index contributed by atoms with van der Waals surface area (Å²) < 4.78 is 22.1. The van der Waals surface area contributed by atoms with E-state index in [-0.39, 0.29) is 30.0 Å². The van der Waals surface area contributed by atoms with Crippen molar-refractivity contribution in [2.75, 3.05) is 11.9 Å². The van der Waals surface area contributed by atoms with Gasteiger partial charge in [0.1, 0.15) is 17.3 Å². The van der Waals surface area contributed by atoms with Gasteiger partial charge in [-0.15, -0.1) is 0 Å². The molecule has 0 bridgehead atoms. The molecule has 0 unspecified atom stereocenters. The Kier molecular flexibility index (Phi) is 7.64. The first-order valence-electron chi connectivity index (χ1n) is 12.1. The summed E-state index contributed by atoms with van der Waals surface area (Å²) in [5.41, 5.74) is 3.78. The van der Waals surface area contributed by atoms with E-state index in [0.29, 0.717) is 35.2 Å². The summed E-state index contributed by atoms with van der Waals surface area (Å²) in [6, 6.07) is 14.5. The highest BCUT2D eigenvalue weighted by molar-refractivity contribution is 5.82. The van der Waals surface area contributed by atoms with Crippen LogP contribution in [0.15, 0.2) is 54.7 Å². The SMILES string of the molecule is CC(C)NCC(=O)Cc1cc(Oc2ccc3c(c2)nc(Nc2ccc(F)c(C(C)C)c2)n3C)ccn1. The summed E-state index contributed by atoms with van der Waals surface area (Å²) >= 11 is 0. The van der Waals surface area contributed by atoms with Crippen molar-refractivity contribution in [1.29, 1.82) is 0 Å². The fraction of sp³-hybridized carbons (Fsp3) is 0.321. The van der Waals surface area contributed by atoms with Crippen molar-refractivity contribution in [2.24, 2.45) is 7.05 Å². The molecule has 36 heavy (non-hydrogen) atoms. The zero-order valence-corrected chi connectivity index (χ0v) is 21.3. The summed E-state index contributed by atoms with van der Waals surface area (Å²) in [5, 5.41) is 6.42. The smallest absolute Gasteiger partial charge is 0.208 e. The molecule has 2 aromatic carbocycles. The molecule has 2 heterocycles. The number of carbonyl (C=O) groups excluding carboxylic acids is 1. The van der Waals surface area contributed by atoms with Crippen molar-refractivity contribution in [3.8, 4) is 11.5 Å². The van der Waals surface area contributed by atoms with Crippen molar-refractivity contribution in [1.82, 2.24) is 19.9 Å². The average Bonchev–Trinajstić information content (AvgIpc) is 3.13. The van der Waals surface area contributed by atoms with Gasteiger partial charge in [0.2, 0.25) is 5.95 Å². The van der Waals surface area contributed by atoms with Gasteiger partial charge in [-0.2, -0.15) is 0 Å². The highest BCUT2D eigenvalue weighted by Gasteiger charge is 2.13. The van der Waals surface area contributed by atoms with Crippen LogP contribution in [0.4, 0.5) is 16.0 Å². The van der Waals surface area contributed by atoms with E-state index in [1.54, 1.807) is 24.4 Å². The summed E-state index contributed by atoms with van der Waals surface area (Å²) in [5.74, 6) is 1.81. The fourth-order valence-electron chi connectivity index (χ4n) is 3.88. The van der Waals surface area contributed by atoms with Gasteiger partial charge in [0, 0.05) is 37.1 Å². The summed E-state index contributed by atoms with van der Waals surface area (Å²) in [7, 11) is 1.92. The molecule has 0 spiro atoms. The first-order chi connectivity index (χ1) is 17.2. The number of fused-ring (bicyclic) bond motifs is 1. The molecular weight excluding hydrogens is 457 g/mol. The average molecular weight is 490 g/mol. The molecule has 0 aliphatic carbocycles. The monoisotopic (exact) mass is 489 g/mol. The summed E-state index contributed by atoms with van der Waals surface area (Å²) in [6.07, 6.45) is 1.89. The van der Waals surface area contributed by atoms with Crippen LogP contribution in [0.25, 0.3) is 11.0 Å². The van der Waals surface area contributed by atoms with Gasteiger partial charge < -0.3 is 19.9 Å². The molecule has 0 fully saturated rings. The number of rotatable bonds is 10. The number of hydrogen-bond donors (Lipinski definition) is 2. The number of imidazole rings is 1. The molecule has 0 aliphatic rings. The number of carbonyl (C=O) groups is 1. The van der Waals surface area contributed by atoms with E-state index in [9.17, 15) is 9.18 Å². The third-order valence-corrected chi connectivity index (χ3v) is 5.84. The summed E-state index contributed by atoms with van der Waals surface area (Å²) in [4.78, 5) is 21.2. The van der Waals surface area contributed by atoms with Crippen LogP contribution in [-0.4, -0.2) is 32.9 Å². The van der Waals surface area contributed by atoms with E-state index in [1.807, 2.05) is 63.6 Å². The number of pyridine rings is 1. The van der Waals surface area contributed by atoms with Crippen LogP contribution in [-0.2, 0) is 18.3 Å². The van der Waals surface area contributed by atoms with Crippen LogP contribution in [0.2, 0.25) is 0 Å². The quantitative estimate of drug-likeness (QED) is 0.290. The zero-order chi connectivity index (χ0) is 25.8. The van der Waals surface area contributed by atoms with Crippen molar-refractivity contribution in [3.63, 3.8) is 0 Å². The van der Waals surface area contributed by atoms with Crippen molar-refractivity contribution >= 4 is 28.5 Å². The van der Waals surface area contributed by atoms with Gasteiger partial charge in [-0.1, -0.05) is 27.7 Å². The van der Waals surface area contributed by atoms with Gasteiger partial charge in [0.15, 0.2) is 5.78 Å². The number of aromatic nitrogens is 3. The number of Topliss-reactive ketones (excluding diaryl/α,β-unsaturated/α-hetero) is 1. The second-order valence-corrected chi connectivity index (χ2v) is 9.50. The summed E-state index contributed by atoms with van der Waals surface area (Å²) in [6.45, 7) is 8.25. The Labute approximate surface area is 210 Å². The number of benzene rings is 2. The van der Waals surface area contributed by atoms with Crippen molar-refractivity contribution in [2.45, 2.75) is 46.1 Å². The maximum atomic E-state index is 14.1. The Bertz CT molecular complexity index is 1380. The molecule has 0 radical (unpaired) electrons. The molecule has 2 aromatic heterocycles. The second kappa shape index (κ2) is 10.9. The van der Waals surface area contributed by atoms with E-state index >= 15 is 0 Å². The van der Waals surface area contributed by atoms with Crippen LogP contribution >= 0.6 is 0 Å². The highest BCUT2D eigenvalue weighted by atomic mass is 19.1. The largest absolute Gasteiger partial charge is 0.457 e. The predicted octanol–water partition coefficient (Wildman–Crippen LogP) is 5.88. The number of ketones is 1. The van der Waals surface area contributed by atoms with Crippen molar-refractivity contribution < 1.29 is 13.9 Å². The van der Waals surface area contributed by atoms with Crippen LogP contribution in [0.5, 0.6) is 11.5 Å². The fourth-order valence-corrected chi connectivity index (χ4v) is 3.88. The lowest BCUT2D eigenvalue weighted by atomic mass is 10.0. The molecule has 0 saturated heterocycles. The molecule has 8 heteroatoms. The lowest BCUT2D eigenvalue weighted by molar-refractivity contribution is -0.117. The molecule has 4 rings (SSSR count). The third kappa shape index (κ3) is 6.07. The van der Waals surface area contributed by atoms with Crippen LogP contribution < -0.4 is 15.4 Å². The van der Waals surface area contributed by atoms with E-state index in [0.717, 1.165) is 16.7 Å². The molecular formula is C28H32FN5O2. The Morgan fingerprint density at radius 2 is 1.83 bits per heavy atom. The van der Waals surface area contributed by atoms with Gasteiger partial charge in [-0.25, -0.2) is 9.37 Å². The zero-order valence-electron chi connectivity index (χ0n) is 21.3. The van der Waals surface area contributed by atoms with E-state index < -0.39 is 0 Å². The minimum absolute atomic E-state index is 0.0740. The second-order valence-electron chi connectivity index (χ2n) is 9.50. The number of nitrogens with zero attached hydrogens (tertiary/aromatic N) is 3. The van der Waals surface area contributed by atoms with Gasteiger partial charge in [-0.3, -0.25) is 9.78 Å². The highest BCUT2D eigenvalue weighted by Crippen LogP contribution is 2.29. The Hall–Kier alpha value is -3.78. The lowest BCUT2D eigenvalue weighted by Crippen LogP contribution is -2.30. The molecule has 188 valence electrons. The molecule has 0 aliphatic heterocycles. The topological polar surface area (TPSA) is 81.1 Å². The van der Waals surface area contributed by atoms with Gasteiger partial charge in [-0.05, 0) is 47.9 Å². The van der Waals surface area contributed by atoms with Crippen LogP contribution in [0.1, 0.15) is 44.9 Å². The minimum atomic E-state index is -0.210. The van der Waals surface area contributed by atoms with E-state index in [4.69, 9.17) is 9.72 Å². The Morgan fingerprint density at radius 3 is 2.58 bits per heavy atom. The van der Waals surface area contributed by atoms with Gasteiger partial charge in [0.05, 0.1) is 29.7 Å². The maximum absolute atomic E-state index is 14.1. The third-order valence-electron chi connectivity index (χ3n) is 5.84. The van der Waals surface area contributed by atoms with Gasteiger partial charge in [0.25, 0.3) is 0 Å². The standard InChI is InChI=1S/C28H32FN5O2/c1-17(2)24-14-19(6-8-25(24)29)32-28-33-26-15-22(7-9-27(26)34(28)5)36-23-10-11-30-20(13-23)12-21(35)16-31-18(3)4/h6-11,13-15,17-18,31H,12,16H2,1-5H3,(H,32,33).